The van der Waals surface area contributed by atoms with Crippen LogP contribution in [-0.2, 0) is 0 Å². The zero-order chi connectivity index (χ0) is 11.7. The number of carbonyl (C=O) groups is 1. The molecule has 16 heavy (non-hydrogen) atoms. The lowest BCUT2D eigenvalue weighted by Gasteiger charge is -2.08. The van der Waals surface area contributed by atoms with Gasteiger partial charge in [0.1, 0.15) is 5.75 Å². The average Bonchev–Trinajstić information content (AvgIpc) is 2.29. The summed E-state index contributed by atoms with van der Waals surface area (Å²) >= 11 is 0. The highest BCUT2D eigenvalue weighted by Gasteiger charge is 2.07. The molecule has 2 rings (SSSR count). The van der Waals surface area contributed by atoms with Gasteiger partial charge in [0.15, 0.2) is 5.78 Å². The van der Waals surface area contributed by atoms with Crippen molar-refractivity contribution < 1.29 is 9.90 Å². The van der Waals surface area contributed by atoms with Crippen LogP contribution in [0, 0.1) is 0 Å². The molecule has 0 atom stereocenters. The van der Waals surface area contributed by atoms with Crippen LogP contribution >= 0.6 is 0 Å². The van der Waals surface area contributed by atoms with Crippen LogP contribution in [0.1, 0.15) is 17.3 Å². The first-order valence-electron chi connectivity index (χ1n) is 5.08. The van der Waals surface area contributed by atoms with E-state index in [1.165, 1.54) is 6.92 Å². The van der Waals surface area contributed by atoms with Gasteiger partial charge in [0.05, 0.1) is 5.69 Å². The fourth-order valence-electron chi connectivity index (χ4n) is 1.72. The second-order valence-electron chi connectivity index (χ2n) is 3.70. The number of ketones is 1. The molecule has 0 unspecified atom stereocenters. The highest BCUT2D eigenvalue weighted by molar-refractivity contribution is 6.01. The van der Waals surface area contributed by atoms with Gasteiger partial charge in [-0.05, 0) is 24.4 Å². The van der Waals surface area contributed by atoms with E-state index in [1.807, 2.05) is 18.2 Å². The zero-order valence-corrected chi connectivity index (χ0v) is 9.24. The first kappa shape index (κ1) is 10.5. The Hall–Kier alpha value is -2.03. The summed E-state index contributed by atoms with van der Waals surface area (Å²) in [7, 11) is 1.75. The van der Waals surface area contributed by atoms with Crippen molar-refractivity contribution in [1.82, 2.24) is 0 Å². The largest absolute Gasteiger partial charge is 0.505 e. The number of carbonyl (C=O) groups excluding carboxylic acids is 1. The van der Waals surface area contributed by atoms with Crippen LogP contribution in [0.25, 0.3) is 10.8 Å². The first-order chi connectivity index (χ1) is 7.63. The fraction of sp³-hybridized carbons (Fsp3) is 0.154. The molecule has 0 spiro atoms. The third-order valence-electron chi connectivity index (χ3n) is 2.67. The normalized spacial score (nSPS) is 10.4. The minimum atomic E-state index is -0.00355. The number of anilines is 1. The molecule has 0 bridgehead atoms. The standard InChI is InChI=1S/C13H13NO2/c1-8(15)10-4-3-9-5-6-12(14-2)13(16)11(9)7-10/h3-7,14,16H,1-2H3. The van der Waals surface area contributed by atoms with E-state index in [9.17, 15) is 9.90 Å². The number of benzene rings is 2. The molecule has 0 aromatic heterocycles. The Morgan fingerprint density at radius 3 is 2.56 bits per heavy atom. The van der Waals surface area contributed by atoms with Gasteiger partial charge in [-0.15, -0.1) is 0 Å². The predicted octanol–water partition coefficient (Wildman–Crippen LogP) is 2.79. The molecule has 0 heterocycles. The van der Waals surface area contributed by atoms with Crippen molar-refractivity contribution in [2.45, 2.75) is 6.92 Å². The third-order valence-corrected chi connectivity index (χ3v) is 2.67. The van der Waals surface area contributed by atoms with Gasteiger partial charge in [-0.3, -0.25) is 4.79 Å². The number of fused-ring (bicyclic) bond motifs is 1. The SMILES string of the molecule is CNc1ccc2ccc(C(C)=O)cc2c1O. The number of phenols is 1. The van der Waals surface area contributed by atoms with E-state index in [2.05, 4.69) is 5.32 Å². The first-order valence-corrected chi connectivity index (χ1v) is 5.08. The summed E-state index contributed by atoms with van der Waals surface area (Å²) in [4.78, 5) is 11.3. The molecule has 0 radical (unpaired) electrons. The molecule has 2 N–H and O–H groups in total. The molecule has 3 nitrogen and oxygen atoms in total. The molecule has 82 valence electrons. The number of aromatic hydroxyl groups is 1. The Morgan fingerprint density at radius 2 is 1.94 bits per heavy atom. The van der Waals surface area contributed by atoms with E-state index in [0.29, 0.717) is 16.6 Å². The second kappa shape index (κ2) is 3.85. The highest BCUT2D eigenvalue weighted by atomic mass is 16.3. The van der Waals surface area contributed by atoms with E-state index in [1.54, 1.807) is 19.2 Å². The Morgan fingerprint density at radius 1 is 1.25 bits per heavy atom. The molecule has 3 heteroatoms. The summed E-state index contributed by atoms with van der Waals surface area (Å²) in [6, 6.07) is 9.04. The number of hydrogen-bond acceptors (Lipinski definition) is 3. The molecule has 0 saturated carbocycles. The van der Waals surface area contributed by atoms with E-state index in [-0.39, 0.29) is 11.5 Å². The quantitative estimate of drug-likeness (QED) is 0.598. The van der Waals surface area contributed by atoms with Crippen LogP contribution in [0.15, 0.2) is 30.3 Å². The predicted molar refractivity (Wildman–Crippen MR) is 65.2 cm³/mol. The summed E-state index contributed by atoms with van der Waals surface area (Å²) in [6.07, 6.45) is 0. The summed E-state index contributed by atoms with van der Waals surface area (Å²) in [5.41, 5.74) is 1.27. The van der Waals surface area contributed by atoms with Crippen molar-refractivity contribution >= 4 is 22.2 Å². The maximum absolute atomic E-state index is 11.3. The molecule has 0 fully saturated rings. The van der Waals surface area contributed by atoms with Gasteiger partial charge in [0.2, 0.25) is 0 Å². The molecule has 0 amide bonds. The van der Waals surface area contributed by atoms with Crippen LogP contribution < -0.4 is 5.32 Å². The van der Waals surface area contributed by atoms with Crippen LogP contribution in [0.2, 0.25) is 0 Å². The summed E-state index contributed by atoms with van der Waals surface area (Å²) in [5, 5.41) is 14.5. The molecule has 0 aliphatic carbocycles. The summed E-state index contributed by atoms with van der Waals surface area (Å²) in [5.74, 6) is 0.180. The van der Waals surface area contributed by atoms with E-state index in [4.69, 9.17) is 0 Å². The fourth-order valence-corrected chi connectivity index (χ4v) is 1.72. The zero-order valence-electron chi connectivity index (χ0n) is 9.24. The van der Waals surface area contributed by atoms with Gasteiger partial charge in [-0.1, -0.05) is 18.2 Å². The van der Waals surface area contributed by atoms with Crippen LogP contribution in [0.3, 0.4) is 0 Å². The van der Waals surface area contributed by atoms with Crippen LogP contribution in [0.5, 0.6) is 5.75 Å². The summed E-state index contributed by atoms with van der Waals surface area (Å²) < 4.78 is 0. The van der Waals surface area contributed by atoms with Crippen molar-refractivity contribution in [1.29, 1.82) is 0 Å². The maximum Gasteiger partial charge on any atom is 0.159 e. The van der Waals surface area contributed by atoms with E-state index < -0.39 is 0 Å². The van der Waals surface area contributed by atoms with Crippen molar-refractivity contribution in [2.24, 2.45) is 0 Å². The number of phenolic OH excluding ortho intramolecular Hbond substituents is 1. The molecular weight excluding hydrogens is 202 g/mol. The van der Waals surface area contributed by atoms with Crippen molar-refractivity contribution in [2.75, 3.05) is 12.4 Å². The van der Waals surface area contributed by atoms with Crippen molar-refractivity contribution in [3.63, 3.8) is 0 Å². The van der Waals surface area contributed by atoms with Crippen molar-refractivity contribution in [3.05, 3.63) is 35.9 Å². The van der Waals surface area contributed by atoms with Gasteiger partial charge in [-0.25, -0.2) is 0 Å². The maximum atomic E-state index is 11.3. The topological polar surface area (TPSA) is 49.3 Å². The van der Waals surface area contributed by atoms with Crippen molar-refractivity contribution in [3.8, 4) is 5.75 Å². The third kappa shape index (κ3) is 1.60. The Labute approximate surface area is 93.7 Å². The van der Waals surface area contributed by atoms with E-state index in [0.717, 1.165) is 5.39 Å². The Kier molecular flexibility index (Phi) is 2.52. The van der Waals surface area contributed by atoms with Gasteiger partial charge < -0.3 is 10.4 Å². The van der Waals surface area contributed by atoms with Gasteiger partial charge in [0, 0.05) is 18.0 Å². The molecule has 2 aromatic carbocycles. The average molecular weight is 215 g/mol. The molecular formula is C13H13NO2. The van der Waals surface area contributed by atoms with Crippen LogP contribution in [-0.4, -0.2) is 17.9 Å². The Bertz CT molecular complexity index is 561. The lowest BCUT2D eigenvalue weighted by atomic mass is 10.0. The number of nitrogens with one attached hydrogen (secondary N) is 1. The lowest BCUT2D eigenvalue weighted by Crippen LogP contribution is -1.93. The lowest BCUT2D eigenvalue weighted by molar-refractivity contribution is 0.101. The van der Waals surface area contributed by atoms with Crippen LogP contribution in [0.4, 0.5) is 5.69 Å². The minimum Gasteiger partial charge on any atom is -0.505 e. The highest BCUT2D eigenvalue weighted by Crippen LogP contribution is 2.32. The molecule has 0 saturated heterocycles. The smallest absolute Gasteiger partial charge is 0.159 e. The number of rotatable bonds is 2. The number of hydrogen-bond donors (Lipinski definition) is 2. The molecule has 2 aromatic rings. The van der Waals surface area contributed by atoms with Gasteiger partial charge in [-0.2, -0.15) is 0 Å². The summed E-state index contributed by atoms with van der Waals surface area (Å²) in [6.45, 7) is 1.51. The molecule has 0 aliphatic rings. The monoisotopic (exact) mass is 215 g/mol. The second-order valence-corrected chi connectivity index (χ2v) is 3.70. The Balaban J connectivity index is 2.74. The molecule has 0 aliphatic heterocycles. The minimum absolute atomic E-state index is 0.00355. The van der Waals surface area contributed by atoms with E-state index >= 15 is 0 Å². The van der Waals surface area contributed by atoms with Gasteiger partial charge >= 0.3 is 0 Å². The number of Topliss-reactive ketones (excluding diaryl/α,β-unsaturated/α-hetero) is 1. The van der Waals surface area contributed by atoms with Gasteiger partial charge in [0.25, 0.3) is 0 Å².